The molecule has 0 spiro atoms. The Bertz CT molecular complexity index is 571. The molecule has 0 saturated carbocycles. The van der Waals surface area contributed by atoms with E-state index in [0.29, 0.717) is 12.1 Å². The number of halogens is 1. The molecular weight excluding hydrogens is 269 g/mol. The summed E-state index contributed by atoms with van der Waals surface area (Å²) in [5.74, 6) is -0.595. The Morgan fingerprint density at radius 3 is 2.47 bits per heavy atom. The van der Waals surface area contributed by atoms with Gasteiger partial charge in [0.05, 0.1) is 10.6 Å². The Kier molecular flexibility index (Phi) is 4.89. The van der Waals surface area contributed by atoms with Crippen molar-refractivity contribution in [1.82, 2.24) is 9.62 Å². The molecule has 1 aromatic rings. The molecule has 0 aliphatic heterocycles. The van der Waals surface area contributed by atoms with E-state index in [1.165, 1.54) is 6.92 Å². The molecule has 0 radical (unpaired) electrons. The van der Waals surface area contributed by atoms with Crippen LogP contribution in [0.1, 0.15) is 11.1 Å². The lowest BCUT2D eigenvalue weighted by atomic mass is 10.1. The van der Waals surface area contributed by atoms with Crippen LogP contribution in [-0.2, 0) is 10.0 Å². The first-order valence-electron chi connectivity index (χ1n) is 5.86. The van der Waals surface area contributed by atoms with Gasteiger partial charge in [0.15, 0.2) is 0 Å². The second-order valence-electron chi connectivity index (χ2n) is 4.74. The molecule has 0 unspecified atom stereocenters. The van der Waals surface area contributed by atoms with E-state index >= 15 is 0 Å². The average molecular weight is 289 g/mol. The van der Waals surface area contributed by atoms with Crippen molar-refractivity contribution in [3.05, 3.63) is 23.0 Å². The van der Waals surface area contributed by atoms with E-state index < -0.39 is 15.8 Å². The lowest BCUT2D eigenvalue weighted by Gasteiger charge is -2.15. The predicted molar refractivity (Wildman–Crippen MR) is 74.0 cm³/mol. The fourth-order valence-corrected chi connectivity index (χ4v) is 3.32. The highest BCUT2D eigenvalue weighted by atomic mass is 32.2. The van der Waals surface area contributed by atoms with Crippen LogP contribution in [0.25, 0.3) is 0 Å². The molecule has 7 heteroatoms. The van der Waals surface area contributed by atoms with Crippen molar-refractivity contribution in [3.8, 4) is 0 Å². The molecule has 0 heterocycles. The highest BCUT2D eigenvalue weighted by Gasteiger charge is 2.22. The number of hydrogen-bond donors (Lipinski definition) is 2. The second kappa shape index (κ2) is 5.85. The Balaban J connectivity index is 3.12. The number of aryl methyl sites for hydroxylation is 1. The van der Waals surface area contributed by atoms with Gasteiger partial charge in [0.25, 0.3) is 0 Å². The molecule has 108 valence electrons. The highest BCUT2D eigenvalue weighted by molar-refractivity contribution is 7.89. The van der Waals surface area contributed by atoms with Crippen molar-refractivity contribution in [2.75, 3.05) is 32.9 Å². The molecule has 1 aromatic carbocycles. The third-order valence-electron chi connectivity index (χ3n) is 2.82. The van der Waals surface area contributed by atoms with Crippen LogP contribution in [0, 0.1) is 19.7 Å². The van der Waals surface area contributed by atoms with Gasteiger partial charge in [-0.1, -0.05) is 0 Å². The van der Waals surface area contributed by atoms with E-state index in [1.807, 2.05) is 19.0 Å². The van der Waals surface area contributed by atoms with Crippen molar-refractivity contribution in [2.45, 2.75) is 18.7 Å². The summed E-state index contributed by atoms with van der Waals surface area (Å²) < 4.78 is 40.3. The van der Waals surface area contributed by atoms with Gasteiger partial charge in [-0.25, -0.2) is 17.5 Å². The van der Waals surface area contributed by atoms with Gasteiger partial charge in [0, 0.05) is 13.1 Å². The summed E-state index contributed by atoms with van der Waals surface area (Å²) in [6.07, 6.45) is 0. The summed E-state index contributed by atoms with van der Waals surface area (Å²) in [7, 11) is 0.0159. The minimum absolute atomic E-state index is 0.0603. The number of hydrogen-bond acceptors (Lipinski definition) is 4. The quantitative estimate of drug-likeness (QED) is 0.789. The van der Waals surface area contributed by atoms with Gasteiger partial charge in [0.1, 0.15) is 5.82 Å². The number of nitrogens with zero attached hydrogens (tertiary/aromatic N) is 1. The van der Waals surface area contributed by atoms with Crippen LogP contribution in [0.3, 0.4) is 0 Å². The van der Waals surface area contributed by atoms with E-state index in [4.69, 9.17) is 5.73 Å². The SMILES string of the molecule is Cc1cc(F)c(N)c(C)c1S(=O)(=O)NCCN(C)C. The van der Waals surface area contributed by atoms with Crippen molar-refractivity contribution >= 4 is 15.7 Å². The Morgan fingerprint density at radius 2 is 1.95 bits per heavy atom. The molecule has 0 aromatic heterocycles. The van der Waals surface area contributed by atoms with Gasteiger partial charge in [-0.15, -0.1) is 0 Å². The van der Waals surface area contributed by atoms with E-state index in [1.54, 1.807) is 6.92 Å². The average Bonchev–Trinajstić information content (AvgIpc) is 2.24. The number of nitrogens with one attached hydrogen (secondary N) is 1. The lowest BCUT2D eigenvalue weighted by Crippen LogP contribution is -2.32. The molecule has 0 amide bonds. The third kappa shape index (κ3) is 3.65. The first-order valence-corrected chi connectivity index (χ1v) is 7.34. The van der Waals surface area contributed by atoms with Gasteiger partial charge >= 0.3 is 0 Å². The van der Waals surface area contributed by atoms with Crippen LogP contribution in [0.5, 0.6) is 0 Å². The van der Waals surface area contributed by atoms with Crippen LogP contribution in [0.2, 0.25) is 0 Å². The zero-order chi connectivity index (χ0) is 14.8. The van der Waals surface area contributed by atoms with Gasteiger partial charge in [0.2, 0.25) is 10.0 Å². The number of benzene rings is 1. The smallest absolute Gasteiger partial charge is 0.241 e. The first-order chi connectivity index (χ1) is 8.66. The molecule has 0 atom stereocenters. The fourth-order valence-electron chi connectivity index (χ4n) is 1.82. The highest BCUT2D eigenvalue weighted by Crippen LogP contribution is 2.27. The topological polar surface area (TPSA) is 75.4 Å². The maximum atomic E-state index is 13.4. The standard InChI is InChI=1S/C12H20FN3O2S/c1-8-7-10(13)11(14)9(2)12(8)19(17,18)15-5-6-16(3)4/h7,15H,5-6,14H2,1-4H3. The van der Waals surface area contributed by atoms with Gasteiger partial charge in [-0.2, -0.15) is 0 Å². The van der Waals surface area contributed by atoms with Gasteiger partial charge in [-0.3, -0.25) is 0 Å². The van der Waals surface area contributed by atoms with Crippen molar-refractivity contribution < 1.29 is 12.8 Å². The molecule has 0 bridgehead atoms. The Labute approximate surface area is 113 Å². The first kappa shape index (κ1) is 15.9. The summed E-state index contributed by atoms with van der Waals surface area (Å²) >= 11 is 0. The van der Waals surface area contributed by atoms with Crippen LogP contribution in [-0.4, -0.2) is 40.5 Å². The molecular formula is C12H20FN3O2S. The predicted octanol–water partition coefficient (Wildman–Crippen LogP) is 0.865. The number of nitrogen functional groups attached to an aromatic ring is 1. The Morgan fingerprint density at radius 1 is 1.37 bits per heavy atom. The fraction of sp³-hybridized carbons (Fsp3) is 0.500. The number of anilines is 1. The molecule has 19 heavy (non-hydrogen) atoms. The van der Waals surface area contributed by atoms with E-state index in [9.17, 15) is 12.8 Å². The summed E-state index contributed by atoms with van der Waals surface area (Å²) in [5.41, 5.74) is 6.02. The number of likely N-dealkylation sites (N-methyl/N-ethyl adjacent to an activating group) is 1. The Hall–Kier alpha value is -1.18. The summed E-state index contributed by atoms with van der Waals surface area (Å²) in [6.45, 7) is 3.92. The molecule has 0 aliphatic rings. The maximum Gasteiger partial charge on any atom is 0.241 e. The van der Waals surface area contributed by atoms with Crippen LogP contribution in [0.4, 0.5) is 10.1 Å². The van der Waals surface area contributed by atoms with Crippen LogP contribution < -0.4 is 10.5 Å². The van der Waals surface area contributed by atoms with Crippen molar-refractivity contribution in [3.63, 3.8) is 0 Å². The number of sulfonamides is 1. The summed E-state index contributed by atoms with van der Waals surface area (Å²) in [4.78, 5) is 1.92. The van der Waals surface area contributed by atoms with Crippen LogP contribution >= 0.6 is 0 Å². The zero-order valence-electron chi connectivity index (χ0n) is 11.6. The minimum Gasteiger partial charge on any atom is -0.396 e. The molecule has 5 nitrogen and oxygen atoms in total. The number of nitrogens with two attached hydrogens (primary N) is 1. The summed E-state index contributed by atoms with van der Waals surface area (Å²) in [5, 5.41) is 0. The molecule has 0 aliphatic carbocycles. The minimum atomic E-state index is -3.68. The van der Waals surface area contributed by atoms with E-state index in [-0.39, 0.29) is 22.7 Å². The van der Waals surface area contributed by atoms with Gasteiger partial charge < -0.3 is 10.6 Å². The van der Waals surface area contributed by atoms with Crippen LogP contribution in [0.15, 0.2) is 11.0 Å². The van der Waals surface area contributed by atoms with E-state index in [2.05, 4.69) is 4.72 Å². The van der Waals surface area contributed by atoms with Gasteiger partial charge in [-0.05, 0) is 45.1 Å². The lowest BCUT2D eigenvalue weighted by molar-refractivity contribution is 0.412. The number of rotatable bonds is 5. The molecule has 0 saturated heterocycles. The van der Waals surface area contributed by atoms with Crippen molar-refractivity contribution in [2.24, 2.45) is 0 Å². The molecule has 0 fully saturated rings. The second-order valence-corrected chi connectivity index (χ2v) is 6.45. The van der Waals surface area contributed by atoms with Crippen molar-refractivity contribution in [1.29, 1.82) is 0 Å². The monoisotopic (exact) mass is 289 g/mol. The largest absolute Gasteiger partial charge is 0.396 e. The van der Waals surface area contributed by atoms with E-state index in [0.717, 1.165) is 6.07 Å². The third-order valence-corrected chi connectivity index (χ3v) is 4.57. The zero-order valence-corrected chi connectivity index (χ0v) is 12.4. The normalized spacial score (nSPS) is 12.1. The molecule has 3 N–H and O–H groups in total. The maximum absolute atomic E-state index is 13.4. The summed E-state index contributed by atoms with van der Waals surface area (Å²) in [6, 6.07) is 1.14. The molecule has 1 rings (SSSR count).